The zero-order chi connectivity index (χ0) is 39.6. The van der Waals surface area contributed by atoms with Crippen molar-refractivity contribution in [2.24, 2.45) is 0 Å². The van der Waals surface area contributed by atoms with Crippen LogP contribution >= 0.6 is 0 Å². The van der Waals surface area contributed by atoms with Crippen LogP contribution in [0, 0.1) is 18.2 Å². The third-order valence-corrected chi connectivity index (χ3v) is 10.7. The normalized spacial score (nSPS) is 10.8. The molecule has 0 bridgehead atoms. The zero-order valence-corrected chi connectivity index (χ0v) is 35.4. The Hall–Kier alpha value is -6.78. The Labute approximate surface area is 365 Å². The number of benzene rings is 6. The topological polar surface area (TPSA) is 43.6 Å². The number of fused-ring (bicyclic) bond motifs is 3. The van der Waals surface area contributed by atoms with Crippen LogP contribution in [-0.4, -0.2) is 19.5 Å². The second-order valence-electron chi connectivity index (χ2n) is 14.4. The fourth-order valence-electron chi connectivity index (χ4n) is 7.71. The average molecular weight is 950 g/mol. The van der Waals surface area contributed by atoms with Crippen LogP contribution in [0.1, 0.15) is 22.3 Å². The van der Waals surface area contributed by atoms with Crippen LogP contribution in [0.4, 0.5) is 0 Å². The van der Waals surface area contributed by atoms with E-state index in [-0.39, 0.29) is 20.1 Å². The van der Waals surface area contributed by atoms with Crippen LogP contribution in [0.5, 0.6) is 0 Å². The molecule has 4 aromatic heterocycles. The van der Waals surface area contributed by atoms with E-state index < -0.39 is 0 Å². The summed E-state index contributed by atoms with van der Waals surface area (Å²) in [5, 5.41) is 2.45. The van der Waals surface area contributed by atoms with Gasteiger partial charge < -0.3 is 14.5 Å². The van der Waals surface area contributed by atoms with Crippen molar-refractivity contribution in [3.63, 3.8) is 0 Å². The summed E-state index contributed by atoms with van der Waals surface area (Å²) in [6.07, 6.45) is 9.50. The molecular formula is C55H41IrN4. The van der Waals surface area contributed by atoms with Gasteiger partial charge in [0.15, 0.2) is 0 Å². The van der Waals surface area contributed by atoms with Gasteiger partial charge in [-0.25, -0.2) is 4.98 Å². The first-order valence-electron chi connectivity index (χ1n) is 20.1. The first-order chi connectivity index (χ1) is 29.3. The SMILES string of the molecule is [Ir+3].[c-]1cc(CCc2ccccc2-c2ccccc2CCc2ccc(-c3[c-]cccc3)nc2)ccc1-c1ccccn1.[c-]1cccc2c3ccccc3n(-c3ccccn3)c12. The molecule has 10 rings (SSSR count). The summed E-state index contributed by atoms with van der Waals surface area (Å²) in [5.41, 5.74) is 14.1. The molecule has 4 nitrogen and oxygen atoms in total. The molecule has 0 aliphatic rings. The molecule has 10 aromatic rings. The van der Waals surface area contributed by atoms with Crippen molar-refractivity contribution in [1.82, 2.24) is 19.5 Å². The van der Waals surface area contributed by atoms with Crippen LogP contribution in [-0.2, 0) is 45.8 Å². The van der Waals surface area contributed by atoms with Gasteiger partial charge in [0.2, 0.25) is 0 Å². The summed E-state index contributed by atoms with van der Waals surface area (Å²) >= 11 is 0. The van der Waals surface area contributed by atoms with Gasteiger partial charge in [-0.1, -0.05) is 109 Å². The molecule has 0 spiro atoms. The maximum atomic E-state index is 4.69. The third-order valence-electron chi connectivity index (χ3n) is 10.7. The fraction of sp³-hybridized carbons (Fsp3) is 0.0727. The van der Waals surface area contributed by atoms with E-state index in [0.29, 0.717) is 0 Å². The van der Waals surface area contributed by atoms with Crippen molar-refractivity contribution >= 4 is 21.8 Å². The number of nitrogens with zero attached hydrogens (tertiary/aromatic N) is 4. The number of aryl methyl sites for hydroxylation is 4. The van der Waals surface area contributed by atoms with E-state index in [1.807, 2.05) is 91.4 Å². The third kappa shape index (κ3) is 9.09. The first kappa shape index (κ1) is 40.0. The second-order valence-corrected chi connectivity index (χ2v) is 14.4. The minimum absolute atomic E-state index is 0. The van der Waals surface area contributed by atoms with Crippen molar-refractivity contribution in [3.05, 3.63) is 241 Å². The number of rotatable bonds is 10. The molecule has 0 unspecified atom stereocenters. The first-order valence-corrected chi connectivity index (χ1v) is 20.1. The molecule has 0 radical (unpaired) electrons. The number of hydrogen-bond donors (Lipinski definition) is 0. The van der Waals surface area contributed by atoms with Crippen LogP contribution < -0.4 is 0 Å². The Kier molecular flexibility index (Phi) is 12.9. The predicted octanol–water partition coefficient (Wildman–Crippen LogP) is 12.6. The Balaban J connectivity index is 0.000000207. The summed E-state index contributed by atoms with van der Waals surface area (Å²) in [4.78, 5) is 13.6. The molecule has 0 aliphatic heterocycles. The van der Waals surface area contributed by atoms with Crippen molar-refractivity contribution < 1.29 is 20.1 Å². The van der Waals surface area contributed by atoms with E-state index in [2.05, 4.69) is 142 Å². The van der Waals surface area contributed by atoms with E-state index in [4.69, 9.17) is 4.98 Å². The smallest absolute Gasteiger partial charge is 0.319 e. The molecule has 4 heterocycles. The molecule has 0 saturated heterocycles. The molecule has 290 valence electrons. The minimum atomic E-state index is 0. The Morgan fingerprint density at radius 3 is 1.75 bits per heavy atom. The number of pyridine rings is 3. The fourth-order valence-corrected chi connectivity index (χ4v) is 7.71. The van der Waals surface area contributed by atoms with E-state index in [1.165, 1.54) is 49.7 Å². The van der Waals surface area contributed by atoms with Gasteiger partial charge in [-0.2, -0.15) is 24.3 Å². The van der Waals surface area contributed by atoms with Crippen LogP contribution in [0.15, 0.2) is 201 Å². The Bertz CT molecular complexity index is 2730. The molecule has 0 N–H and O–H groups in total. The van der Waals surface area contributed by atoms with E-state index >= 15 is 0 Å². The average Bonchev–Trinajstić information content (AvgIpc) is 3.66. The summed E-state index contributed by atoms with van der Waals surface area (Å²) < 4.78 is 2.16. The number of para-hydroxylation sites is 2. The van der Waals surface area contributed by atoms with Gasteiger partial charge in [-0.05, 0) is 88.1 Å². The standard InChI is InChI=1S/C38H30N2.C17H11N2.Ir/c1-2-12-33(13-3-1)38-26-21-30(28-40-38)20-23-32-11-5-7-15-36(32)35-14-6-4-10-31(35)22-17-29-18-24-34(25-19-29)37-16-8-9-27-39-37;1-3-9-15-13(7-1)14-8-2-4-10-16(14)19(15)17-11-5-6-12-18-17;/h1-12,14-16,18-19,21,24,26-28H,17,20,22-23H2;1-9,11-12H;/q-2;-1;+3. The van der Waals surface area contributed by atoms with Crippen molar-refractivity contribution in [3.8, 4) is 39.5 Å². The van der Waals surface area contributed by atoms with Crippen molar-refractivity contribution in [2.75, 3.05) is 0 Å². The van der Waals surface area contributed by atoms with Gasteiger partial charge in [-0.15, -0.1) is 76.7 Å². The van der Waals surface area contributed by atoms with Gasteiger partial charge in [0.1, 0.15) is 5.82 Å². The largest absolute Gasteiger partial charge is 3.00 e. The summed E-state index contributed by atoms with van der Waals surface area (Å²) in [5.74, 6) is 0.927. The molecule has 5 heteroatoms. The van der Waals surface area contributed by atoms with E-state index in [1.54, 1.807) is 0 Å². The van der Waals surface area contributed by atoms with Crippen LogP contribution in [0.3, 0.4) is 0 Å². The molecule has 6 aromatic carbocycles. The van der Waals surface area contributed by atoms with Crippen molar-refractivity contribution in [1.29, 1.82) is 0 Å². The number of hydrogen-bond acceptors (Lipinski definition) is 3. The summed E-state index contributed by atoms with van der Waals surface area (Å²) in [7, 11) is 0. The second kappa shape index (κ2) is 19.3. The Morgan fingerprint density at radius 1 is 0.433 bits per heavy atom. The summed E-state index contributed by atoms with van der Waals surface area (Å²) in [6.45, 7) is 0. The van der Waals surface area contributed by atoms with Crippen LogP contribution in [0.25, 0.3) is 61.3 Å². The molecule has 0 fully saturated rings. The van der Waals surface area contributed by atoms with Crippen LogP contribution in [0.2, 0.25) is 0 Å². The van der Waals surface area contributed by atoms with E-state index in [9.17, 15) is 0 Å². The maximum Gasteiger partial charge on any atom is 3.00 e. The molecular weight excluding hydrogens is 909 g/mol. The maximum absolute atomic E-state index is 4.69. The van der Waals surface area contributed by atoms with Gasteiger partial charge in [0, 0.05) is 24.1 Å². The zero-order valence-electron chi connectivity index (χ0n) is 33.0. The molecule has 0 saturated carbocycles. The molecule has 0 aliphatic carbocycles. The molecule has 0 atom stereocenters. The van der Waals surface area contributed by atoms with E-state index in [0.717, 1.165) is 59.5 Å². The Morgan fingerprint density at radius 2 is 1.07 bits per heavy atom. The molecule has 60 heavy (non-hydrogen) atoms. The van der Waals surface area contributed by atoms with Gasteiger partial charge in [0.05, 0.1) is 0 Å². The molecule has 0 amide bonds. The number of aromatic nitrogens is 4. The monoisotopic (exact) mass is 950 g/mol. The minimum Gasteiger partial charge on any atom is -0.319 e. The van der Waals surface area contributed by atoms with Gasteiger partial charge in [-0.3, -0.25) is 0 Å². The van der Waals surface area contributed by atoms with Gasteiger partial charge in [0.25, 0.3) is 0 Å². The summed E-state index contributed by atoms with van der Waals surface area (Å²) in [6, 6.07) is 72.8. The predicted molar refractivity (Wildman–Crippen MR) is 241 cm³/mol. The quantitative estimate of drug-likeness (QED) is 0.128. The van der Waals surface area contributed by atoms with Crippen molar-refractivity contribution in [2.45, 2.75) is 25.7 Å². The van der Waals surface area contributed by atoms with Gasteiger partial charge >= 0.3 is 20.1 Å².